The molecule has 35 heavy (non-hydrogen) atoms. The predicted octanol–water partition coefficient (Wildman–Crippen LogP) is 5.39. The minimum atomic E-state index is -1.07. The van der Waals surface area contributed by atoms with Crippen LogP contribution in [0.3, 0.4) is 0 Å². The highest BCUT2D eigenvalue weighted by Crippen LogP contribution is 2.39. The van der Waals surface area contributed by atoms with Crippen molar-refractivity contribution < 1.29 is 18.7 Å². The van der Waals surface area contributed by atoms with E-state index in [9.17, 15) is 18.7 Å². The van der Waals surface area contributed by atoms with E-state index in [0.29, 0.717) is 48.6 Å². The highest BCUT2D eigenvalue weighted by molar-refractivity contribution is 6.30. The second-order valence-corrected chi connectivity index (χ2v) is 9.81. The first-order valence-corrected chi connectivity index (χ1v) is 11.8. The second-order valence-electron chi connectivity index (χ2n) is 9.40. The summed E-state index contributed by atoms with van der Waals surface area (Å²) in [6, 6.07) is 8.10. The van der Waals surface area contributed by atoms with E-state index in [4.69, 9.17) is 11.6 Å². The standard InChI is InChI=1S/C25H28ClF2N5O2/c1-14-9-18(29-23(21(14)27)30-20-10-15(2)31-32-20)12-25(24(34)35)7-8-33(16(3)11-25)13-17-5-4-6-19(26)22(17)28/h4-6,9-10,16H,7-8,11-13H2,1-3H3,(H,34,35)(H2,29,30,31,32)/t16-,25?/m1/s1. The fourth-order valence-electron chi connectivity index (χ4n) is 4.78. The molecule has 1 aromatic carbocycles. The number of aliphatic carboxylic acids is 1. The highest BCUT2D eigenvalue weighted by atomic mass is 35.5. The molecule has 2 atom stereocenters. The summed E-state index contributed by atoms with van der Waals surface area (Å²) in [6.45, 7) is 6.20. The number of carbonyl (C=O) groups is 1. The molecule has 4 rings (SSSR count). The van der Waals surface area contributed by atoms with Crippen molar-refractivity contribution in [1.82, 2.24) is 20.1 Å². The molecule has 1 aliphatic rings. The van der Waals surface area contributed by atoms with Gasteiger partial charge in [-0.3, -0.25) is 14.8 Å². The second kappa shape index (κ2) is 9.91. The SMILES string of the molecule is Cc1cc(Nc2nc(CC3(C(=O)O)CCN(Cc4cccc(Cl)c4F)[C@H](C)C3)cc(C)c2F)n[nH]1. The number of likely N-dealkylation sites (tertiary alicyclic amines) is 1. The smallest absolute Gasteiger partial charge is 0.310 e. The molecule has 0 spiro atoms. The van der Waals surface area contributed by atoms with Crippen LogP contribution in [0, 0.1) is 30.9 Å². The maximum atomic E-state index is 14.8. The number of piperidine rings is 1. The lowest BCUT2D eigenvalue weighted by Gasteiger charge is -2.43. The molecule has 2 aromatic heterocycles. The highest BCUT2D eigenvalue weighted by Gasteiger charge is 2.45. The first-order chi connectivity index (χ1) is 16.6. The van der Waals surface area contributed by atoms with Crippen LogP contribution in [0.4, 0.5) is 20.4 Å². The summed E-state index contributed by atoms with van der Waals surface area (Å²) < 4.78 is 29.2. The van der Waals surface area contributed by atoms with Crippen molar-refractivity contribution in [3.8, 4) is 0 Å². The Labute approximate surface area is 207 Å². The molecule has 3 heterocycles. The Morgan fingerprint density at radius 2 is 2.09 bits per heavy atom. The van der Waals surface area contributed by atoms with Gasteiger partial charge >= 0.3 is 5.97 Å². The van der Waals surface area contributed by atoms with E-state index >= 15 is 0 Å². The lowest BCUT2D eigenvalue weighted by Crippen LogP contribution is -2.49. The Kier molecular flexibility index (Phi) is 7.10. The molecule has 0 radical (unpaired) electrons. The third-order valence-corrected chi connectivity index (χ3v) is 7.00. The Morgan fingerprint density at radius 1 is 1.31 bits per heavy atom. The minimum absolute atomic E-state index is 0.00829. The van der Waals surface area contributed by atoms with Gasteiger partial charge in [0, 0.05) is 42.0 Å². The number of H-pyrrole nitrogens is 1. The molecule has 1 aliphatic heterocycles. The van der Waals surface area contributed by atoms with Crippen LogP contribution in [0.15, 0.2) is 30.3 Å². The summed E-state index contributed by atoms with van der Waals surface area (Å²) in [5, 5.41) is 20.0. The van der Waals surface area contributed by atoms with Crippen LogP contribution in [0.5, 0.6) is 0 Å². The number of nitrogens with zero attached hydrogens (tertiary/aromatic N) is 3. The molecule has 1 saturated heterocycles. The summed E-state index contributed by atoms with van der Waals surface area (Å²) in [5.41, 5.74) is 1.08. The molecule has 0 amide bonds. The molecule has 3 aromatic rings. The number of aromatic nitrogens is 3. The number of pyridine rings is 1. The van der Waals surface area contributed by atoms with Crippen LogP contribution in [0.2, 0.25) is 5.02 Å². The van der Waals surface area contributed by atoms with Crippen LogP contribution in [-0.4, -0.2) is 43.7 Å². The van der Waals surface area contributed by atoms with E-state index in [1.807, 2.05) is 13.8 Å². The van der Waals surface area contributed by atoms with Gasteiger partial charge in [-0.2, -0.15) is 5.10 Å². The van der Waals surface area contributed by atoms with Crippen LogP contribution in [-0.2, 0) is 17.8 Å². The molecular weight excluding hydrogens is 476 g/mol. The lowest BCUT2D eigenvalue weighted by atomic mass is 9.72. The summed E-state index contributed by atoms with van der Waals surface area (Å²) in [4.78, 5) is 19.0. The van der Waals surface area contributed by atoms with E-state index in [-0.39, 0.29) is 23.3 Å². The van der Waals surface area contributed by atoms with Gasteiger partial charge in [-0.25, -0.2) is 13.8 Å². The number of nitrogens with one attached hydrogen (secondary N) is 2. The number of rotatable bonds is 7. The Morgan fingerprint density at radius 3 is 2.74 bits per heavy atom. The average molecular weight is 504 g/mol. The molecular formula is C25H28ClF2N5O2. The van der Waals surface area contributed by atoms with Gasteiger partial charge in [0.05, 0.1) is 10.4 Å². The van der Waals surface area contributed by atoms with Crippen LogP contribution in [0.1, 0.15) is 42.3 Å². The number of hydrogen-bond donors (Lipinski definition) is 3. The lowest BCUT2D eigenvalue weighted by molar-refractivity contribution is -0.153. The van der Waals surface area contributed by atoms with E-state index in [0.717, 1.165) is 5.69 Å². The van der Waals surface area contributed by atoms with Gasteiger partial charge in [0.1, 0.15) is 5.82 Å². The molecule has 0 bridgehead atoms. The Hall–Kier alpha value is -3.04. The molecule has 186 valence electrons. The monoisotopic (exact) mass is 503 g/mol. The fourth-order valence-corrected chi connectivity index (χ4v) is 4.97. The zero-order chi connectivity index (χ0) is 25.3. The van der Waals surface area contributed by atoms with Gasteiger partial charge in [0.15, 0.2) is 17.5 Å². The maximum absolute atomic E-state index is 14.8. The zero-order valence-electron chi connectivity index (χ0n) is 19.8. The summed E-state index contributed by atoms with van der Waals surface area (Å²) in [7, 11) is 0. The number of anilines is 2. The predicted molar refractivity (Wildman–Crippen MR) is 130 cm³/mol. The Bertz CT molecular complexity index is 1250. The Balaban J connectivity index is 1.54. The largest absolute Gasteiger partial charge is 0.481 e. The molecule has 1 unspecified atom stereocenters. The molecule has 10 heteroatoms. The minimum Gasteiger partial charge on any atom is -0.481 e. The maximum Gasteiger partial charge on any atom is 0.310 e. The first kappa shape index (κ1) is 25.1. The van der Waals surface area contributed by atoms with E-state index in [1.165, 1.54) is 6.07 Å². The van der Waals surface area contributed by atoms with Crippen molar-refractivity contribution in [3.05, 3.63) is 69.5 Å². The number of aryl methyl sites for hydroxylation is 2. The van der Waals surface area contributed by atoms with Crippen molar-refractivity contribution in [3.63, 3.8) is 0 Å². The number of benzene rings is 1. The normalized spacial score (nSPS) is 20.7. The number of carboxylic acids is 1. The van der Waals surface area contributed by atoms with Crippen molar-refractivity contribution in [1.29, 1.82) is 0 Å². The van der Waals surface area contributed by atoms with E-state index < -0.39 is 23.0 Å². The number of hydrogen-bond acceptors (Lipinski definition) is 5. The van der Waals surface area contributed by atoms with Gasteiger partial charge in [-0.05, 0) is 57.9 Å². The topological polar surface area (TPSA) is 94.1 Å². The van der Waals surface area contributed by atoms with Crippen molar-refractivity contribution >= 4 is 29.2 Å². The molecule has 3 N–H and O–H groups in total. The van der Waals surface area contributed by atoms with E-state index in [1.54, 1.807) is 31.2 Å². The molecule has 7 nitrogen and oxygen atoms in total. The van der Waals surface area contributed by atoms with Gasteiger partial charge in [-0.15, -0.1) is 0 Å². The van der Waals surface area contributed by atoms with Crippen molar-refractivity contribution in [2.75, 3.05) is 11.9 Å². The van der Waals surface area contributed by atoms with Crippen molar-refractivity contribution in [2.24, 2.45) is 5.41 Å². The number of halogens is 3. The van der Waals surface area contributed by atoms with E-state index in [2.05, 4.69) is 25.4 Å². The molecule has 1 fully saturated rings. The summed E-state index contributed by atoms with van der Waals surface area (Å²) in [6.07, 6.45) is 0.861. The fraction of sp³-hybridized carbons (Fsp3) is 0.400. The van der Waals surface area contributed by atoms with Crippen LogP contribution >= 0.6 is 11.6 Å². The third kappa shape index (κ3) is 5.31. The molecule has 0 saturated carbocycles. The van der Waals surface area contributed by atoms with Crippen LogP contribution < -0.4 is 5.32 Å². The quantitative estimate of drug-likeness (QED) is 0.400. The number of aromatic amines is 1. The summed E-state index contributed by atoms with van der Waals surface area (Å²) in [5.74, 6) is -1.44. The first-order valence-electron chi connectivity index (χ1n) is 11.4. The average Bonchev–Trinajstić information content (AvgIpc) is 3.21. The van der Waals surface area contributed by atoms with Gasteiger partial charge < -0.3 is 10.4 Å². The molecule has 0 aliphatic carbocycles. The third-order valence-electron chi connectivity index (χ3n) is 6.71. The van der Waals surface area contributed by atoms with Gasteiger partial charge in [0.25, 0.3) is 0 Å². The van der Waals surface area contributed by atoms with Gasteiger partial charge in [0.2, 0.25) is 0 Å². The number of carboxylic acid groups (broad SMARTS) is 1. The van der Waals surface area contributed by atoms with Gasteiger partial charge in [-0.1, -0.05) is 23.7 Å². The summed E-state index contributed by atoms with van der Waals surface area (Å²) >= 11 is 5.92. The van der Waals surface area contributed by atoms with Crippen molar-refractivity contribution in [2.45, 2.75) is 52.6 Å². The van der Waals surface area contributed by atoms with Crippen LogP contribution in [0.25, 0.3) is 0 Å². The zero-order valence-corrected chi connectivity index (χ0v) is 20.6.